The molecule has 0 radical (unpaired) electrons. The monoisotopic (exact) mass is 232 g/mol. The third-order valence-corrected chi connectivity index (χ3v) is 2.12. The van der Waals surface area contributed by atoms with Gasteiger partial charge in [-0.2, -0.15) is 0 Å². The minimum atomic E-state index is 0.148. The Kier molecular flexibility index (Phi) is 6.13. The van der Waals surface area contributed by atoms with Crippen molar-refractivity contribution in [3.8, 4) is 17.7 Å². The Bertz CT molecular complexity index is 391. The van der Waals surface area contributed by atoms with E-state index in [1.807, 2.05) is 32.9 Å². The van der Waals surface area contributed by atoms with E-state index in [2.05, 4.69) is 22.1 Å². The smallest absolute Gasteiger partial charge is 0.218 e. The fraction of sp³-hybridized carbons (Fsp3) is 0.500. The van der Waals surface area contributed by atoms with Crippen molar-refractivity contribution in [2.24, 2.45) is 0 Å². The molecule has 0 amide bonds. The molecule has 0 bridgehead atoms. The summed E-state index contributed by atoms with van der Waals surface area (Å²) in [5, 5.41) is 3.33. The normalized spacial score (nSPS) is 9.88. The maximum atomic E-state index is 5.64. The van der Waals surface area contributed by atoms with Crippen molar-refractivity contribution in [1.82, 2.24) is 10.3 Å². The minimum Gasteiger partial charge on any atom is -0.475 e. The van der Waals surface area contributed by atoms with Gasteiger partial charge in [-0.15, -0.1) is 11.8 Å². The summed E-state index contributed by atoms with van der Waals surface area (Å²) in [5.41, 5.74) is 1.09. The van der Waals surface area contributed by atoms with E-state index < -0.39 is 0 Å². The maximum absolute atomic E-state index is 5.64. The summed E-state index contributed by atoms with van der Waals surface area (Å²) in [6.45, 7) is 7.51. The molecule has 0 unspecified atom stereocenters. The van der Waals surface area contributed by atoms with Crippen LogP contribution in [0, 0.1) is 11.8 Å². The van der Waals surface area contributed by atoms with Gasteiger partial charge in [0.2, 0.25) is 5.88 Å². The molecule has 3 heteroatoms. The first-order valence-corrected chi connectivity index (χ1v) is 5.95. The molecule has 1 aromatic heterocycles. The molecule has 1 heterocycles. The topological polar surface area (TPSA) is 34.2 Å². The lowest BCUT2D eigenvalue weighted by Crippen LogP contribution is -2.16. The lowest BCUT2D eigenvalue weighted by atomic mass is 10.2. The van der Waals surface area contributed by atoms with Gasteiger partial charge in [0.1, 0.15) is 0 Å². The van der Waals surface area contributed by atoms with Crippen LogP contribution in [0.4, 0.5) is 0 Å². The highest BCUT2D eigenvalue weighted by Gasteiger charge is 2.05. The van der Waals surface area contributed by atoms with E-state index in [1.165, 1.54) is 0 Å². The zero-order valence-corrected chi connectivity index (χ0v) is 10.8. The molecule has 0 saturated heterocycles. The first kappa shape index (κ1) is 13.5. The molecule has 1 N–H and O–H groups in total. The molecule has 1 aromatic rings. The molecule has 0 spiro atoms. The maximum Gasteiger partial charge on any atom is 0.218 e. The third-order valence-electron chi connectivity index (χ3n) is 2.12. The number of hydrogen-bond acceptors (Lipinski definition) is 3. The van der Waals surface area contributed by atoms with Crippen molar-refractivity contribution in [3.05, 3.63) is 23.9 Å². The molecular weight excluding hydrogens is 212 g/mol. The summed E-state index contributed by atoms with van der Waals surface area (Å²) in [5.74, 6) is 6.62. The Labute approximate surface area is 104 Å². The SMILES string of the molecule is CC#CCCNCc1cccnc1OC(C)C. The molecule has 17 heavy (non-hydrogen) atoms. The fourth-order valence-electron chi connectivity index (χ4n) is 1.39. The number of nitrogens with zero attached hydrogens (tertiary/aromatic N) is 1. The van der Waals surface area contributed by atoms with Gasteiger partial charge in [-0.05, 0) is 26.8 Å². The number of hydrogen-bond donors (Lipinski definition) is 1. The van der Waals surface area contributed by atoms with Crippen LogP contribution in [-0.2, 0) is 6.54 Å². The fourth-order valence-corrected chi connectivity index (χ4v) is 1.39. The van der Waals surface area contributed by atoms with Crippen LogP contribution in [-0.4, -0.2) is 17.6 Å². The van der Waals surface area contributed by atoms with Crippen molar-refractivity contribution in [1.29, 1.82) is 0 Å². The zero-order chi connectivity index (χ0) is 12.5. The van der Waals surface area contributed by atoms with Crippen LogP contribution in [0.2, 0.25) is 0 Å². The van der Waals surface area contributed by atoms with Crippen LogP contribution in [0.15, 0.2) is 18.3 Å². The van der Waals surface area contributed by atoms with Crippen molar-refractivity contribution in [2.45, 2.75) is 39.8 Å². The van der Waals surface area contributed by atoms with E-state index >= 15 is 0 Å². The molecule has 3 nitrogen and oxygen atoms in total. The van der Waals surface area contributed by atoms with Gasteiger partial charge < -0.3 is 10.1 Å². The molecule has 0 saturated carbocycles. The van der Waals surface area contributed by atoms with Gasteiger partial charge in [-0.1, -0.05) is 6.07 Å². The largest absolute Gasteiger partial charge is 0.475 e. The zero-order valence-electron chi connectivity index (χ0n) is 10.8. The second-order valence-corrected chi connectivity index (χ2v) is 3.99. The molecule has 92 valence electrons. The van der Waals surface area contributed by atoms with E-state index in [4.69, 9.17) is 4.74 Å². The Morgan fingerprint density at radius 2 is 2.29 bits per heavy atom. The molecule has 0 fully saturated rings. The summed E-state index contributed by atoms with van der Waals surface area (Å²) in [6.07, 6.45) is 2.77. The van der Waals surface area contributed by atoms with E-state index in [1.54, 1.807) is 6.20 Å². The van der Waals surface area contributed by atoms with Gasteiger partial charge in [0.15, 0.2) is 0 Å². The summed E-state index contributed by atoms with van der Waals surface area (Å²) in [4.78, 5) is 4.24. The van der Waals surface area contributed by atoms with Crippen LogP contribution in [0.1, 0.15) is 32.8 Å². The molecule has 0 aromatic carbocycles. The quantitative estimate of drug-likeness (QED) is 0.604. The Hall–Kier alpha value is -1.53. The summed E-state index contributed by atoms with van der Waals surface area (Å²) < 4.78 is 5.64. The Morgan fingerprint density at radius 3 is 3.00 bits per heavy atom. The van der Waals surface area contributed by atoms with Crippen molar-refractivity contribution >= 4 is 0 Å². The van der Waals surface area contributed by atoms with E-state index in [-0.39, 0.29) is 6.10 Å². The molecular formula is C14H20N2O. The summed E-state index contributed by atoms with van der Waals surface area (Å²) in [7, 11) is 0. The van der Waals surface area contributed by atoms with Gasteiger partial charge in [0.25, 0.3) is 0 Å². The number of aromatic nitrogens is 1. The molecule has 1 rings (SSSR count). The number of rotatable bonds is 6. The van der Waals surface area contributed by atoms with E-state index in [0.717, 1.165) is 31.0 Å². The van der Waals surface area contributed by atoms with Crippen LogP contribution >= 0.6 is 0 Å². The van der Waals surface area contributed by atoms with Crippen molar-refractivity contribution in [2.75, 3.05) is 6.54 Å². The molecule has 0 aliphatic heterocycles. The summed E-state index contributed by atoms with van der Waals surface area (Å²) >= 11 is 0. The van der Waals surface area contributed by atoms with Gasteiger partial charge in [-0.3, -0.25) is 0 Å². The van der Waals surface area contributed by atoms with Crippen LogP contribution in [0.3, 0.4) is 0 Å². The second-order valence-electron chi connectivity index (χ2n) is 3.99. The van der Waals surface area contributed by atoms with Crippen LogP contribution < -0.4 is 10.1 Å². The summed E-state index contributed by atoms with van der Waals surface area (Å²) in [6, 6.07) is 3.96. The predicted octanol–water partition coefficient (Wildman–Crippen LogP) is 2.37. The lowest BCUT2D eigenvalue weighted by Gasteiger charge is -2.12. The molecule has 0 aliphatic rings. The Morgan fingerprint density at radius 1 is 1.47 bits per heavy atom. The van der Waals surface area contributed by atoms with Gasteiger partial charge in [-0.25, -0.2) is 4.98 Å². The highest BCUT2D eigenvalue weighted by atomic mass is 16.5. The lowest BCUT2D eigenvalue weighted by molar-refractivity contribution is 0.229. The third kappa shape index (κ3) is 5.37. The average Bonchev–Trinajstić information content (AvgIpc) is 2.30. The van der Waals surface area contributed by atoms with Gasteiger partial charge in [0.05, 0.1) is 6.10 Å². The standard InChI is InChI=1S/C14H20N2O/c1-4-5-6-9-15-11-13-8-7-10-16-14(13)17-12(2)3/h7-8,10,12,15H,6,9,11H2,1-3H3. The second kappa shape index (κ2) is 7.70. The minimum absolute atomic E-state index is 0.148. The highest BCUT2D eigenvalue weighted by molar-refractivity contribution is 5.25. The number of nitrogens with one attached hydrogen (secondary N) is 1. The Balaban J connectivity index is 2.48. The first-order valence-electron chi connectivity index (χ1n) is 5.95. The van der Waals surface area contributed by atoms with Gasteiger partial charge in [0, 0.05) is 31.3 Å². The average molecular weight is 232 g/mol. The van der Waals surface area contributed by atoms with Gasteiger partial charge >= 0.3 is 0 Å². The molecule has 0 aliphatic carbocycles. The van der Waals surface area contributed by atoms with Crippen molar-refractivity contribution < 1.29 is 4.74 Å². The van der Waals surface area contributed by atoms with Crippen molar-refractivity contribution in [3.63, 3.8) is 0 Å². The number of ether oxygens (including phenoxy) is 1. The number of pyridine rings is 1. The predicted molar refractivity (Wildman–Crippen MR) is 69.8 cm³/mol. The van der Waals surface area contributed by atoms with E-state index in [0.29, 0.717) is 0 Å². The van der Waals surface area contributed by atoms with Crippen LogP contribution in [0.5, 0.6) is 5.88 Å². The van der Waals surface area contributed by atoms with E-state index in [9.17, 15) is 0 Å². The highest BCUT2D eigenvalue weighted by Crippen LogP contribution is 2.15. The first-order chi connectivity index (χ1) is 8.24. The van der Waals surface area contributed by atoms with Crippen LogP contribution in [0.25, 0.3) is 0 Å². The molecule has 0 atom stereocenters.